The van der Waals surface area contributed by atoms with E-state index in [-0.39, 0.29) is 17.4 Å². The van der Waals surface area contributed by atoms with E-state index in [1.165, 1.54) is 24.7 Å². The molecule has 1 aliphatic carbocycles. The van der Waals surface area contributed by atoms with Crippen molar-refractivity contribution in [2.75, 3.05) is 11.9 Å². The van der Waals surface area contributed by atoms with Crippen LogP contribution < -0.4 is 10.1 Å². The molecule has 0 spiro atoms. The third kappa shape index (κ3) is 4.78. The van der Waals surface area contributed by atoms with Crippen LogP contribution in [0.15, 0.2) is 46.7 Å². The summed E-state index contributed by atoms with van der Waals surface area (Å²) in [6.45, 7) is 0.585. The number of aromatic nitrogens is 2. The average molecular weight is 419 g/mol. The van der Waals surface area contributed by atoms with Gasteiger partial charge in [-0.15, -0.1) is 0 Å². The van der Waals surface area contributed by atoms with Crippen molar-refractivity contribution in [1.29, 1.82) is 0 Å². The third-order valence-corrected chi connectivity index (χ3v) is 4.65. The third-order valence-electron chi connectivity index (χ3n) is 4.12. The molecular formula is C18H19BrN4O3. The van der Waals surface area contributed by atoms with Crippen molar-refractivity contribution in [2.45, 2.75) is 32.1 Å². The summed E-state index contributed by atoms with van der Waals surface area (Å²) >= 11 is 3.34. The highest BCUT2D eigenvalue weighted by atomic mass is 79.9. The van der Waals surface area contributed by atoms with Crippen LogP contribution in [0.2, 0.25) is 0 Å². The number of rotatable bonds is 7. The van der Waals surface area contributed by atoms with Crippen molar-refractivity contribution in [1.82, 2.24) is 9.97 Å². The normalized spacial score (nSPS) is 13.8. The maximum Gasteiger partial charge on any atom is 0.373 e. The van der Waals surface area contributed by atoms with E-state index in [1.54, 1.807) is 24.3 Å². The molecule has 0 aliphatic heterocycles. The molecule has 0 saturated heterocycles. The number of ether oxygens (including phenoxy) is 1. The van der Waals surface area contributed by atoms with E-state index in [4.69, 9.17) is 4.74 Å². The number of halogens is 1. The SMILES string of the molecule is O=[N+]([O-])c1c(NCCC2=CCCCC2)ncnc1Oc1ccc(Br)cc1. The second-order valence-corrected chi connectivity index (χ2v) is 6.89. The molecule has 0 saturated carbocycles. The Hall–Kier alpha value is -2.48. The second-order valence-electron chi connectivity index (χ2n) is 5.97. The smallest absolute Gasteiger partial charge is 0.373 e. The maximum absolute atomic E-state index is 11.5. The van der Waals surface area contributed by atoms with Crippen molar-refractivity contribution in [2.24, 2.45) is 0 Å². The summed E-state index contributed by atoms with van der Waals surface area (Å²) in [5.74, 6) is 0.563. The van der Waals surface area contributed by atoms with Crippen LogP contribution in [0, 0.1) is 10.1 Å². The molecule has 1 aliphatic rings. The minimum absolute atomic E-state index is 0.0771. The molecule has 0 bridgehead atoms. The summed E-state index contributed by atoms with van der Waals surface area (Å²) in [6.07, 6.45) is 9.06. The quantitative estimate of drug-likeness (QED) is 0.375. The minimum atomic E-state index is -0.517. The Bertz CT molecular complexity index is 809. The van der Waals surface area contributed by atoms with Crippen LogP contribution in [0.5, 0.6) is 11.6 Å². The number of allylic oxidation sites excluding steroid dienone is 1. The van der Waals surface area contributed by atoms with Gasteiger partial charge in [0.15, 0.2) is 0 Å². The molecule has 1 N–H and O–H groups in total. The number of nitrogens with one attached hydrogen (secondary N) is 1. The van der Waals surface area contributed by atoms with Gasteiger partial charge in [0.2, 0.25) is 5.82 Å². The van der Waals surface area contributed by atoms with E-state index < -0.39 is 4.92 Å². The summed E-state index contributed by atoms with van der Waals surface area (Å²) in [5.41, 5.74) is 1.14. The van der Waals surface area contributed by atoms with E-state index in [1.807, 2.05) is 0 Å². The van der Waals surface area contributed by atoms with E-state index in [2.05, 4.69) is 37.3 Å². The molecular weight excluding hydrogens is 400 g/mol. The van der Waals surface area contributed by atoms with Gasteiger partial charge in [0, 0.05) is 11.0 Å². The molecule has 0 radical (unpaired) electrons. The van der Waals surface area contributed by atoms with Gasteiger partial charge < -0.3 is 10.1 Å². The number of nitrogens with zero attached hydrogens (tertiary/aromatic N) is 3. The minimum Gasteiger partial charge on any atom is -0.434 e. The van der Waals surface area contributed by atoms with Crippen molar-refractivity contribution in [3.05, 3.63) is 56.8 Å². The van der Waals surface area contributed by atoms with Crippen LogP contribution in [0.3, 0.4) is 0 Å². The standard InChI is InChI=1S/C18H19BrN4O3/c19-14-6-8-15(9-7-14)26-18-16(23(24)25)17(21-12-22-18)20-11-10-13-4-2-1-3-5-13/h4,6-9,12H,1-3,5,10-11H2,(H,20,21,22). The van der Waals surface area contributed by atoms with E-state index >= 15 is 0 Å². The molecule has 0 fully saturated rings. The van der Waals surface area contributed by atoms with Crippen LogP contribution in [-0.4, -0.2) is 21.4 Å². The van der Waals surface area contributed by atoms with Crippen LogP contribution in [0.1, 0.15) is 32.1 Å². The van der Waals surface area contributed by atoms with Gasteiger partial charge in [-0.25, -0.2) is 4.98 Å². The molecule has 0 atom stereocenters. The van der Waals surface area contributed by atoms with Gasteiger partial charge >= 0.3 is 11.6 Å². The molecule has 26 heavy (non-hydrogen) atoms. The fourth-order valence-electron chi connectivity index (χ4n) is 2.82. The van der Waals surface area contributed by atoms with Gasteiger partial charge in [-0.05, 0) is 56.4 Å². The van der Waals surface area contributed by atoms with Gasteiger partial charge in [0.25, 0.3) is 0 Å². The Labute approximate surface area is 159 Å². The van der Waals surface area contributed by atoms with E-state index in [9.17, 15) is 10.1 Å². The predicted octanol–water partition coefficient (Wildman–Crippen LogP) is 5.24. The zero-order valence-electron chi connectivity index (χ0n) is 14.2. The highest BCUT2D eigenvalue weighted by molar-refractivity contribution is 9.10. The lowest BCUT2D eigenvalue weighted by atomic mass is 9.97. The fraction of sp³-hybridized carbons (Fsp3) is 0.333. The lowest BCUT2D eigenvalue weighted by molar-refractivity contribution is -0.385. The first kappa shape index (κ1) is 18.3. The first-order valence-electron chi connectivity index (χ1n) is 8.48. The second kappa shape index (κ2) is 8.75. The van der Waals surface area contributed by atoms with E-state index in [0.717, 1.165) is 23.7 Å². The van der Waals surface area contributed by atoms with Gasteiger partial charge in [-0.2, -0.15) is 4.98 Å². The molecule has 8 heteroatoms. The Balaban J connectivity index is 1.73. The Kier molecular flexibility index (Phi) is 6.17. The molecule has 3 rings (SSSR count). The van der Waals surface area contributed by atoms with Gasteiger partial charge in [-0.3, -0.25) is 10.1 Å². The number of nitro groups is 1. The molecule has 136 valence electrons. The van der Waals surface area contributed by atoms with Crippen molar-refractivity contribution in [3.8, 4) is 11.6 Å². The lowest BCUT2D eigenvalue weighted by Gasteiger charge is -2.13. The molecule has 1 heterocycles. The number of hydrogen-bond donors (Lipinski definition) is 1. The Morgan fingerprint density at radius 1 is 1.23 bits per heavy atom. The van der Waals surface area contributed by atoms with Gasteiger partial charge in [-0.1, -0.05) is 27.6 Å². The molecule has 2 aromatic rings. The van der Waals surface area contributed by atoms with Crippen LogP contribution in [0.4, 0.5) is 11.5 Å². The lowest BCUT2D eigenvalue weighted by Crippen LogP contribution is -2.09. The molecule has 0 amide bonds. The zero-order chi connectivity index (χ0) is 18.4. The molecule has 1 aromatic heterocycles. The van der Waals surface area contributed by atoms with E-state index in [0.29, 0.717) is 12.3 Å². The summed E-state index contributed by atoms with van der Waals surface area (Å²) in [7, 11) is 0. The van der Waals surface area contributed by atoms with Gasteiger partial charge in [0.05, 0.1) is 4.92 Å². The topological polar surface area (TPSA) is 90.2 Å². The summed E-state index contributed by atoms with van der Waals surface area (Å²) in [6, 6.07) is 7.00. The van der Waals surface area contributed by atoms with Crippen LogP contribution >= 0.6 is 15.9 Å². The maximum atomic E-state index is 11.5. The first-order chi connectivity index (χ1) is 12.6. The summed E-state index contributed by atoms with van der Waals surface area (Å²) in [5, 5.41) is 14.6. The van der Waals surface area contributed by atoms with Crippen molar-refractivity contribution in [3.63, 3.8) is 0 Å². The molecule has 7 nitrogen and oxygen atoms in total. The summed E-state index contributed by atoms with van der Waals surface area (Å²) in [4.78, 5) is 19.0. The van der Waals surface area contributed by atoms with Crippen LogP contribution in [-0.2, 0) is 0 Å². The number of hydrogen-bond acceptors (Lipinski definition) is 6. The fourth-order valence-corrected chi connectivity index (χ4v) is 3.08. The Morgan fingerprint density at radius 3 is 2.73 bits per heavy atom. The molecule has 1 aromatic carbocycles. The molecule has 0 unspecified atom stereocenters. The predicted molar refractivity (Wildman–Crippen MR) is 103 cm³/mol. The number of anilines is 1. The first-order valence-corrected chi connectivity index (χ1v) is 9.27. The number of benzene rings is 1. The van der Waals surface area contributed by atoms with Crippen molar-refractivity contribution < 1.29 is 9.66 Å². The highest BCUT2D eigenvalue weighted by Gasteiger charge is 2.25. The van der Waals surface area contributed by atoms with Crippen molar-refractivity contribution >= 4 is 27.4 Å². The van der Waals surface area contributed by atoms with Gasteiger partial charge in [0.1, 0.15) is 12.1 Å². The monoisotopic (exact) mass is 418 g/mol. The zero-order valence-corrected chi connectivity index (χ0v) is 15.7. The Morgan fingerprint density at radius 2 is 2.04 bits per heavy atom. The van der Waals surface area contributed by atoms with Crippen LogP contribution in [0.25, 0.3) is 0 Å². The summed E-state index contributed by atoms with van der Waals surface area (Å²) < 4.78 is 6.49. The average Bonchev–Trinajstić information content (AvgIpc) is 2.64. The highest BCUT2D eigenvalue weighted by Crippen LogP contribution is 2.34. The largest absolute Gasteiger partial charge is 0.434 e.